The molecule has 1 N–H and O–H groups in total. The molecule has 0 radical (unpaired) electrons. The van der Waals surface area contributed by atoms with Gasteiger partial charge in [-0.25, -0.2) is 9.37 Å². The standard InChI is InChI=1S/C25H27ClFN5O3/c1-15-13-31(5-6-32(15)25(34)23-4-3-7-35-23)14-18-8-19(26)10-21(16(18)2)30-24(33)17-9-20(27)22(11-28)29-12-17/h8-10,12,15,23H,3-7,13-14H2,1-2H3,(H,30,33)/t15-,23+/m0/s1. The summed E-state index contributed by atoms with van der Waals surface area (Å²) < 4.78 is 19.5. The lowest BCUT2D eigenvalue weighted by molar-refractivity contribution is -0.145. The van der Waals surface area contributed by atoms with Crippen LogP contribution >= 0.6 is 11.6 Å². The maximum Gasteiger partial charge on any atom is 0.257 e. The van der Waals surface area contributed by atoms with Gasteiger partial charge in [0, 0.05) is 55.7 Å². The lowest BCUT2D eigenvalue weighted by Crippen LogP contribution is -2.55. The Balaban J connectivity index is 1.43. The van der Waals surface area contributed by atoms with E-state index < -0.39 is 11.7 Å². The van der Waals surface area contributed by atoms with E-state index in [1.54, 1.807) is 12.1 Å². The Hall–Kier alpha value is -3.06. The van der Waals surface area contributed by atoms with Gasteiger partial charge in [-0.05, 0) is 56.0 Å². The van der Waals surface area contributed by atoms with Crippen LogP contribution in [0.25, 0.3) is 0 Å². The predicted molar refractivity (Wildman–Crippen MR) is 128 cm³/mol. The molecule has 4 rings (SSSR count). The second kappa shape index (κ2) is 10.7. The van der Waals surface area contributed by atoms with Crippen molar-refractivity contribution < 1.29 is 18.7 Å². The second-order valence-electron chi connectivity index (χ2n) is 8.98. The molecule has 0 bridgehead atoms. The number of rotatable bonds is 5. The van der Waals surface area contributed by atoms with E-state index in [-0.39, 0.29) is 29.3 Å². The summed E-state index contributed by atoms with van der Waals surface area (Å²) in [6, 6.07) is 6.18. The largest absolute Gasteiger partial charge is 0.368 e. The predicted octanol–water partition coefficient (Wildman–Crippen LogP) is 3.52. The zero-order chi connectivity index (χ0) is 25.1. The molecule has 0 unspecified atom stereocenters. The van der Waals surface area contributed by atoms with Crippen LogP contribution in [0.2, 0.25) is 5.02 Å². The molecule has 2 amide bonds. The summed E-state index contributed by atoms with van der Waals surface area (Å²) in [5.41, 5.74) is 1.94. The highest BCUT2D eigenvalue weighted by Crippen LogP contribution is 2.28. The van der Waals surface area contributed by atoms with Gasteiger partial charge in [-0.1, -0.05) is 11.6 Å². The molecule has 1 aromatic heterocycles. The number of carbonyl (C=O) groups excluding carboxylic acids is 2. The first-order valence-electron chi connectivity index (χ1n) is 11.6. The third kappa shape index (κ3) is 5.61. The normalized spacial score (nSPS) is 20.5. The van der Waals surface area contributed by atoms with Crippen molar-refractivity contribution >= 4 is 29.1 Å². The Bertz CT molecular complexity index is 1180. The first kappa shape index (κ1) is 25.0. The summed E-state index contributed by atoms with van der Waals surface area (Å²) in [6.07, 6.45) is 2.56. The number of aromatic nitrogens is 1. The number of benzene rings is 1. The van der Waals surface area contributed by atoms with Gasteiger partial charge in [-0.2, -0.15) is 5.26 Å². The Morgan fingerprint density at radius 1 is 1.34 bits per heavy atom. The van der Waals surface area contributed by atoms with Crippen molar-refractivity contribution in [2.75, 3.05) is 31.6 Å². The number of pyridine rings is 1. The first-order valence-corrected chi connectivity index (χ1v) is 11.9. The van der Waals surface area contributed by atoms with E-state index in [0.717, 1.165) is 36.2 Å². The van der Waals surface area contributed by atoms with Gasteiger partial charge < -0.3 is 15.0 Å². The highest BCUT2D eigenvalue weighted by molar-refractivity contribution is 6.31. The molecule has 2 aliphatic rings. The summed E-state index contributed by atoms with van der Waals surface area (Å²) in [7, 11) is 0. The van der Waals surface area contributed by atoms with Gasteiger partial charge in [-0.3, -0.25) is 14.5 Å². The Morgan fingerprint density at radius 2 is 2.14 bits per heavy atom. The van der Waals surface area contributed by atoms with E-state index in [1.807, 2.05) is 24.8 Å². The number of carbonyl (C=O) groups is 2. The monoisotopic (exact) mass is 499 g/mol. The molecule has 35 heavy (non-hydrogen) atoms. The van der Waals surface area contributed by atoms with Crippen molar-refractivity contribution in [2.24, 2.45) is 0 Å². The molecular weight excluding hydrogens is 473 g/mol. The number of piperazine rings is 1. The third-order valence-corrected chi connectivity index (χ3v) is 6.75. The third-order valence-electron chi connectivity index (χ3n) is 6.53. The fourth-order valence-corrected chi connectivity index (χ4v) is 4.81. The zero-order valence-corrected chi connectivity index (χ0v) is 20.4. The molecule has 2 fully saturated rings. The Kier molecular flexibility index (Phi) is 7.65. The van der Waals surface area contributed by atoms with Crippen molar-refractivity contribution in [2.45, 2.75) is 45.4 Å². The summed E-state index contributed by atoms with van der Waals surface area (Å²) in [5, 5.41) is 12.1. The lowest BCUT2D eigenvalue weighted by atomic mass is 10.0. The molecule has 184 valence electrons. The van der Waals surface area contributed by atoms with Gasteiger partial charge >= 0.3 is 0 Å². The molecule has 2 aliphatic heterocycles. The van der Waals surface area contributed by atoms with Gasteiger partial charge in [0.25, 0.3) is 11.8 Å². The minimum absolute atomic E-state index is 0.00304. The first-order chi connectivity index (χ1) is 16.8. The van der Waals surface area contributed by atoms with Gasteiger partial charge in [0.05, 0.1) is 5.56 Å². The van der Waals surface area contributed by atoms with Crippen LogP contribution in [0.5, 0.6) is 0 Å². The van der Waals surface area contributed by atoms with Crippen LogP contribution in [0.15, 0.2) is 24.4 Å². The highest BCUT2D eigenvalue weighted by atomic mass is 35.5. The van der Waals surface area contributed by atoms with Crippen LogP contribution in [0.1, 0.15) is 46.9 Å². The minimum atomic E-state index is -0.852. The molecule has 3 heterocycles. The molecule has 0 aliphatic carbocycles. The average Bonchev–Trinajstić information content (AvgIpc) is 3.37. The van der Waals surface area contributed by atoms with E-state index in [9.17, 15) is 14.0 Å². The molecule has 2 atom stereocenters. The van der Waals surface area contributed by atoms with Crippen LogP contribution in [-0.4, -0.2) is 65.0 Å². The van der Waals surface area contributed by atoms with Crippen LogP contribution in [-0.2, 0) is 16.1 Å². The smallest absolute Gasteiger partial charge is 0.257 e. The molecular formula is C25H27ClFN5O3. The maximum atomic E-state index is 13.9. The van der Waals surface area contributed by atoms with Crippen molar-refractivity contribution in [3.05, 3.63) is 57.6 Å². The fourth-order valence-electron chi connectivity index (χ4n) is 4.57. The van der Waals surface area contributed by atoms with Crippen LogP contribution in [0, 0.1) is 24.1 Å². The number of ether oxygens (including phenoxy) is 1. The highest BCUT2D eigenvalue weighted by Gasteiger charge is 2.34. The van der Waals surface area contributed by atoms with Crippen molar-refractivity contribution in [3.8, 4) is 6.07 Å². The molecule has 10 heteroatoms. The molecule has 0 spiro atoms. The van der Waals surface area contributed by atoms with Gasteiger partial charge in [0.2, 0.25) is 0 Å². The number of halogens is 2. The summed E-state index contributed by atoms with van der Waals surface area (Å²) >= 11 is 6.36. The number of nitriles is 1. The summed E-state index contributed by atoms with van der Waals surface area (Å²) in [5.74, 6) is -1.32. The number of nitrogens with one attached hydrogen (secondary N) is 1. The van der Waals surface area contributed by atoms with Crippen molar-refractivity contribution in [3.63, 3.8) is 0 Å². The number of anilines is 1. The molecule has 2 aromatic rings. The topological polar surface area (TPSA) is 98.6 Å². The molecule has 8 nitrogen and oxygen atoms in total. The summed E-state index contributed by atoms with van der Waals surface area (Å²) in [4.78, 5) is 33.3. The van der Waals surface area contributed by atoms with E-state index in [2.05, 4.69) is 15.2 Å². The van der Waals surface area contributed by atoms with E-state index in [0.29, 0.717) is 43.5 Å². The van der Waals surface area contributed by atoms with Crippen molar-refractivity contribution in [1.29, 1.82) is 5.26 Å². The quantitative estimate of drug-likeness (QED) is 0.676. The molecule has 2 saturated heterocycles. The molecule has 1 aromatic carbocycles. The Morgan fingerprint density at radius 3 is 2.80 bits per heavy atom. The van der Waals surface area contributed by atoms with E-state index in [4.69, 9.17) is 21.6 Å². The van der Waals surface area contributed by atoms with Crippen molar-refractivity contribution in [1.82, 2.24) is 14.8 Å². The lowest BCUT2D eigenvalue weighted by Gasteiger charge is -2.41. The number of amides is 2. The van der Waals surface area contributed by atoms with Gasteiger partial charge in [0.1, 0.15) is 12.2 Å². The zero-order valence-electron chi connectivity index (χ0n) is 19.7. The fraction of sp³-hybridized carbons (Fsp3) is 0.440. The van der Waals surface area contributed by atoms with Crippen LogP contribution in [0.4, 0.5) is 10.1 Å². The second-order valence-corrected chi connectivity index (χ2v) is 9.41. The SMILES string of the molecule is Cc1c(CN2CCN(C(=O)[C@H]3CCCO3)[C@@H](C)C2)cc(Cl)cc1NC(=O)c1cnc(C#N)c(F)c1. The van der Waals surface area contributed by atoms with Crippen LogP contribution < -0.4 is 5.32 Å². The maximum absolute atomic E-state index is 13.9. The summed E-state index contributed by atoms with van der Waals surface area (Å²) in [6.45, 7) is 7.23. The number of hydrogen-bond acceptors (Lipinski definition) is 6. The number of hydrogen-bond donors (Lipinski definition) is 1. The average molecular weight is 500 g/mol. The minimum Gasteiger partial charge on any atom is -0.368 e. The van der Waals surface area contributed by atoms with Gasteiger partial charge in [0.15, 0.2) is 11.5 Å². The van der Waals surface area contributed by atoms with Gasteiger partial charge in [-0.15, -0.1) is 0 Å². The van der Waals surface area contributed by atoms with E-state index in [1.165, 1.54) is 0 Å². The molecule has 0 saturated carbocycles. The number of nitrogens with zero attached hydrogens (tertiary/aromatic N) is 4. The Labute approximate surface area is 208 Å². The van der Waals surface area contributed by atoms with Crippen LogP contribution in [0.3, 0.4) is 0 Å². The van der Waals surface area contributed by atoms with E-state index >= 15 is 0 Å².